The van der Waals surface area contributed by atoms with Crippen LogP contribution >= 0.6 is 51.7 Å². The molecule has 0 aromatic heterocycles. The van der Waals surface area contributed by atoms with Gasteiger partial charge in [0.1, 0.15) is 11.9 Å². The minimum Gasteiger partial charge on any atom is -0.488 e. The third kappa shape index (κ3) is 8.37. The highest BCUT2D eigenvalue weighted by Gasteiger charge is 2.32. The van der Waals surface area contributed by atoms with Gasteiger partial charge in [0.05, 0.1) is 11.0 Å². The number of ether oxygens (including phenoxy) is 2. The summed E-state index contributed by atoms with van der Waals surface area (Å²) in [4.78, 5) is 4.35. The molecule has 1 aromatic rings. The molecule has 154 valence electrons. The van der Waals surface area contributed by atoms with E-state index in [9.17, 15) is 0 Å². The van der Waals surface area contributed by atoms with Gasteiger partial charge in [0.2, 0.25) is 0 Å². The maximum absolute atomic E-state index is 5.98. The zero-order valence-electron chi connectivity index (χ0n) is 16.3. The Balaban J connectivity index is 0.00000364. The van der Waals surface area contributed by atoms with Crippen LogP contribution in [-0.4, -0.2) is 55.9 Å². The van der Waals surface area contributed by atoms with E-state index >= 15 is 0 Å². The number of nitrogens with one attached hydrogen (secondary N) is 2. The van der Waals surface area contributed by atoms with Crippen LogP contribution in [0.1, 0.15) is 26.7 Å². The second kappa shape index (κ2) is 13.1. The number of guanidine groups is 1. The first-order valence-corrected chi connectivity index (χ1v) is 10.9. The summed E-state index contributed by atoms with van der Waals surface area (Å²) >= 11 is 5.54. The minimum absolute atomic E-state index is 0. The van der Waals surface area contributed by atoms with Gasteiger partial charge < -0.3 is 20.1 Å². The van der Waals surface area contributed by atoms with E-state index in [0.717, 1.165) is 54.5 Å². The lowest BCUT2D eigenvalue weighted by molar-refractivity contribution is 0.0782. The molecule has 1 aromatic carbocycles. The van der Waals surface area contributed by atoms with Gasteiger partial charge >= 0.3 is 0 Å². The van der Waals surface area contributed by atoms with Crippen LogP contribution in [0, 0.1) is 0 Å². The molecule has 0 aliphatic carbocycles. The first-order valence-electron chi connectivity index (χ1n) is 9.16. The highest BCUT2D eigenvalue weighted by molar-refractivity contribution is 14.0. The SMILES string of the molecule is CCSC1(CNC(=NC)NCC(C)Oc2ccccc2Br)CCOCC1.I. The molecule has 8 heteroatoms. The average molecular weight is 572 g/mol. The fourth-order valence-corrected chi connectivity index (χ4v) is 4.55. The molecule has 27 heavy (non-hydrogen) atoms. The van der Waals surface area contributed by atoms with Crippen LogP contribution in [-0.2, 0) is 4.74 Å². The number of para-hydroxylation sites is 1. The highest BCUT2D eigenvalue weighted by atomic mass is 127. The summed E-state index contributed by atoms with van der Waals surface area (Å²) in [6, 6.07) is 7.89. The molecule has 5 nitrogen and oxygen atoms in total. The summed E-state index contributed by atoms with van der Waals surface area (Å²) in [7, 11) is 1.80. The van der Waals surface area contributed by atoms with Gasteiger partial charge in [0.15, 0.2) is 5.96 Å². The van der Waals surface area contributed by atoms with E-state index < -0.39 is 0 Å². The molecule has 2 rings (SSSR count). The summed E-state index contributed by atoms with van der Waals surface area (Å²) in [6.45, 7) is 7.53. The van der Waals surface area contributed by atoms with Crippen molar-refractivity contribution in [3.05, 3.63) is 28.7 Å². The van der Waals surface area contributed by atoms with E-state index in [4.69, 9.17) is 9.47 Å². The van der Waals surface area contributed by atoms with Crippen molar-refractivity contribution in [1.29, 1.82) is 0 Å². The van der Waals surface area contributed by atoms with Crippen LogP contribution in [0.4, 0.5) is 0 Å². The lowest BCUT2D eigenvalue weighted by Crippen LogP contribution is -2.49. The van der Waals surface area contributed by atoms with Gasteiger partial charge in [-0.1, -0.05) is 19.1 Å². The first kappa shape index (κ1) is 24.8. The summed E-state index contributed by atoms with van der Waals surface area (Å²) in [5, 5.41) is 6.86. The Labute approximate surface area is 193 Å². The number of halogens is 2. The molecule has 1 unspecified atom stereocenters. The third-order valence-corrected chi connectivity index (χ3v) is 6.49. The predicted molar refractivity (Wildman–Crippen MR) is 130 cm³/mol. The van der Waals surface area contributed by atoms with Crippen molar-refractivity contribution >= 4 is 57.6 Å². The summed E-state index contributed by atoms with van der Waals surface area (Å²) in [5.74, 6) is 2.78. The number of hydrogen-bond donors (Lipinski definition) is 2. The Bertz CT molecular complexity index is 580. The standard InChI is InChI=1S/C19H30BrN3O2S.HI/c1-4-26-19(9-11-24-12-10-19)14-23-18(21-3)22-13-15(2)25-17-8-6-5-7-16(17)20;/h5-8,15H,4,9-14H2,1-3H3,(H2,21,22,23);1H. The zero-order chi connectivity index (χ0) is 18.8. The second-order valence-electron chi connectivity index (χ2n) is 6.39. The molecule has 0 spiro atoms. The van der Waals surface area contributed by atoms with Gasteiger partial charge in [-0.25, -0.2) is 0 Å². The van der Waals surface area contributed by atoms with Crippen molar-refractivity contribution in [2.45, 2.75) is 37.5 Å². The average Bonchev–Trinajstić information content (AvgIpc) is 2.65. The second-order valence-corrected chi connectivity index (χ2v) is 8.98. The lowest BCUT2D eigenvalue weighted by atomic mass is 9.99. The monoisotopic (exact) mass is 571 g/mol. The van der Waals surface area contributed by atoms with Gasteiger partial charge in [0, 0.05) is 31.6 Å². The van der Waals surface area contributed by atoms with Crippen LogP contribution in [0.5, 0.6) is 5.75 Å². The van der Waals surface area contributed by atoms with Crippen LogP contribution < -0.4 is 15.4 Å². The van der Waals surface area contributed by atoms with Crippen molar-refractivity contribution in [1.82, 2.24) is 10.6 Å². The number of aliphatic imine (C=N–C) groups is 1. The number of benzene rings is 1. The molecule has 1 heterocycles. The van der Waals surface area contributed by atoms with Crippen molar-refractivity contribution in [2.75, 3.05) is 39.1 Å². The van der Waals surface area contributed by atoms with Crippen molar-refractivity contribution in [3.8, 4) is 5.75 Å². The van der Waals surface area contributed by atoms with Gasteiger partial charge in [-0.2, -0.15) is 11.8 Å². The fourth-order valence-electron chi connectivity index (χ4n) is 2.93. The molecular formula is C19H31BrIN3O2S. The summed E-state index contributed by atoms with van der Waals surface area (Å²) in [5.41, 5.74) is 0. The zero-order valence-corrected chi connectivity index (χ0v) is 21.0. The smallest absolute Gasteiger partial charge is 0.191 e. The molecule has 0 bridgehead atoms. The predicted octanol–water partition coefficient (Wildman–Crippen LogP) is 4.30. The van der Waals surface area contributed by atoms with E-state index in [-0.39, 0.29) is 34.8 Å². The highest BCUT2D eigenvalue weighted by Crippen LogP contribution is 2.34. The molecular weight excluding hydrogens is 541 g/mol. The molecule has 1 aliphatic heterocycles. The van der Waals surface area contributed by atoms with E-state index in [1.807, 2.05) is 43.0 Å². The summed E-state index contributed by atoms with van der Waals surface area (Å²) < 4.78 is 12.7. The minimum atomic E-state index is 0. The molecule has 1 fully saturated rings. The number of nitrogens with zero attached hydrogens (tertiary/aromatic N) is 1. The lowest BCUT2D eigenvalue weighted by Gasteiger charge is -2.37. The van der Waals surface area contributed by atoms with Gasteiger partial charge in [-0.05, 0) is 53.6 Å². The molecule has 1 atom stereocenters. The van der Waals surface area contributed by atoms with Gasteiger partial charge in [-0.3, -0.25) is 4.99 Å². The number of rotatable bonds is 8. The van der Waals surface area contributed by atoms with E-state index in [0.29, 0.717) is 6.54 Å². The van der Waals surface area contributed by atoms with Gasteiger partial charge in [-0.15, -0.1) is 24.0 Å². The van der Waals surface area contributed by atoms with E-state index in [2.05, 4.69) is 38.5 Å². The Morgan fingerprint density at radius 1 is 1.33 bits per heavy atom. The van der Waals surface area contributed by atoms with E-state index in [1.54, 1.807) is 7.05 Å². The van der Waals surface area contributed by atoms with Crippen molar-refractivity contribution in [3.63, 3.8) is 0 Å². The summed E-state index contributed by atoms with van der Waals surface area (Å²) in [6.07, 6.45) is 2.18. The van der Waals surface area contributed by atoms with Crippen LogP contribution in [0.25, 0.3) is 0 Å². The molecule has 2 N–H and O–H groups in total. The number of hydrogen-bond acceptors (Lipinski definition) is 4. The maximum atomic E-state index is 5.98. The van der Waals surface area contributed by atoms with Crippen LogP contribution in [0.2, 0.25) is 0 Å². The Kier molecular flexibility index (Phi) is 12.1. The van der Waals surface area contributed by atoms with Crippen molar-refractivity contribution < 1.29 is 9.47 Å². The van der Waals surface area contributed by atoms with E-state index in [1.165, 1.54) is 0 Å². The maximum Gasteiger partial charge on any atom is 0.191 e. The van der Waals surface area contributed by atoms with Crippen molar-refractivity contribution in [2.24, 2.45) is 4.99 Å². The first-order chi connectivity index (χ1) is 12.6. The molecule has 1 aliphatic rings. The third-order valence-electron chi connectivity index (χ3n) is 4.38. The Morgan fingerprint density at radius 2 is 2.04 bits per heavy atom. The Morgan fingerprint density at radius 3 is 2.67 bits per heavy atom. The Hall–Kier alpha value is -0.190. The largest absolute Gasteiger partial charge is 0.488 e. The topological polar surface area (TPSA) is 54.9 Å². The molecule has 0 amide bonds. The molecule has 0 saturated carbocycles. The fraction of sp³-hybridized carbons (Fsp3) is 0.632. The van der Waals surface area contributed by atoms with Gasteiger partial charge in [0.25, 0.3) is 0 Å². The normalized spacial score (nSPS) is 17.6. The van der Waals surface area contributed by atoms with Crippen LogP contribution in [0.15, 0.2) is 33.7 Å². The molecule has 0 radical (unpaired) electrons. The van der Waals surface area contributed by atoms with Crippen LogP contribution in [0.3, 0.4) is 0 Å². The quantitative estimate of drug-likeness (QED) is 0.277. The number of thioether (sulfide) groups is 1. The molecule has 1 saturated heterocycles.